The monoisotopic (exact) mass is 583 g/mol. The largest absolute Gasteiger partial charge is 2.00 e. The molecule has 0 bridgehead atoms. The van der Waals surface area contributed by atoms with E-state index >= 15 is 0 Å². The zero-order valence-corrected chi connectivity index (χ0v) is 21.9. The third kappa shape index (κ3) is 6.81. The van der Waals surface area contributed by atoms with E-state index in [-0.39, 0.29) is 30.3 Å². The van der Waals surface area contributed by atoms with Crippen LogP contribution in [0.5, 0.6) is 0 Å². The second-order valence-electron chi connectivity index (χ2n) is 6.30. The van der Waals surface area contributed by atoms with Gasteiger partial charge in [0.05, 0.1) is 18.9 Å². The average Bonchev–Trinajstić information content (AvgIpc) is 3.57. The molecular formula is C19H16CuN6O4S4. The predicted octanol–water partition coefficient (Wildman–Crippen LogP) is 3.12. The third-order valence-corrected chi connectivity index (χ3v) is 7.31. The Labute approximate surface area is 220 Å². The normalized spacial score (nSPS) is 11.9. The molecule has 34 heavy (non-hydrogen) atoms. The van der Waals surface area contributed by atoms with Crippen LogP contribution in [0.4, 0.5) is 10.3 Å². The van der Waals surface area contributed by atoms with Gasteiger partial charge in [-0.3, -0.25) is 0 Å². The van der Waals surface area contributed by atoms with Crippen LogP contribution in [0, 0.1) is 13.8 Å². The SMILES string of the molecule is Cc1nc(/N=c2\[n-]ccs2)sc1C(=O)OCCCOC(=O)c1s/c(=N/c2nccs2)[n-]c1C.[Cu+2]. The molecule has 0 N–H and O–H groups in total. The molecule has 0 atom stereocenters. The van der Waals surface area contributed by atoms with E-state index in [9.17, 15) is 9.59 Å². The van der Waals surface area contributed by atoms with Crippen molar-refractivity contribution >= 4 is 67.5 Å². The Bertz CT molecular complexity index is 1370. The van der Waals surface area contributed by atoms with Crippen LogP contribution >= 0.6 is 45.3 Å². The first-order chi connectivity index (χ1) is 16.0. The number of hydrogen-bond acceptors (Lipinski definition) is 12. The van der Waals surface area contributed by atoms with Crippen molar-refractivity contribution in [3.8, 4) is 0 Å². The topological polar surface area (TPSA) is 131 Å². The summed E-state index contributed by atoms with van der Waals surface area (Å²) in [7, 11) is 0. The average molecular weight is 584 g/mol. The van der Waals surface area contributed by atoms with Gasteiger partial charge in [-0.25, -0.2) is 19.6 Å². The summed E-state index contributed by atoms with van der Waals surface area (Å²) in [5, 5.41) is 4.65. The summed E-state index contributed by atoms with van der Waals surface area (Å²) in [6.07, 6.45) is 3.66. The maximum absolute atomic E-state index is 12.3. The van der Waals surface area contributed by atoms with Gasteiger partial charge in [0, 0.05) is 22.8 Å². The zero-order valence-electron chi connectivity index (χ0n) is 17.7. The summed E-state index contributed by atoms with van der Waals surface area (Å²) in [6.45, 7) is 3.66. The van der Waals surface area contributed by atoms with Gasteiger partial charge >= 0.3 is 29.0 Å². The molecule has 0 aromatic carbocycles. The second kappa shape index (κ2) is 12.3. The van der Waals surface area contributed by atoms with Crippen LogP contribution in [-0.2, 0) is 26.5 Å². The maximum atomic E-state index is 12.3. The van der Waals surface area contributed by atoms with E-state index < -0.39 is 11.9 Å². The molecule has 181 valence electrons. The molecule has 4 rings (SSSR count). The van der Waals surface area contributed by atoms with Crippen LogP contribution in [0.15, 0.2) is 33.1 Å². The smallest absolute Gasteiger partial charge is 0.461 e. The van der Waals surface area contributed by atoms with E-state index in [0.717, 1.165) is 22.7 Å². The van der Waals surface area contributed by atoms with Crippen molar-refractivity contribution in [2.45, 2.75) is 20.3 Å². The van der Waals surface area contributed by atoms with Gasteiger partial charge < -0.3 is 29.4 Å². The van der Waals surface area contributed by atoms with Crippen LogP contribution in [0.1, 0.15) is 37.2 Å². The quantitative estimate of drug-likeness (QED) is 0.176. The van der Waals surface area contributed by atoms with Crippen molar-refractivity contribution in [2.75, 3.05) is 13.2 Å². The number of aryl methyl sites for hydroxylation is 2. The number of carbonyl (C=O) groups is 2. The summed E-state index contributed by atoms with van der Waals surface area (Å²) in [5.41, 5.74) is 1.10. The molecule has 0 aliphatic rings. The van der Waals surface area contributed by atoms with Crippen LogP contribution in [0.25, 0.3) is 0 Å². The summed E-state index contributed by atoms with van der Waals surface area (Å²) < 4.78 is 10.6. The van der Waals surface area contributed by atoms with Crippen molar-refractivity contribution in [3.63, 3.8) is 0 Å². The fraction of sp³-hybridized carbons (Fsp3) is 0.263. The van der Waals surface area contributed by atoms with Crippen LogP contribution < -0.4 is 19.6 Å². The van der Waals surface area contributed by atoms with E-state index in [1.54, 1.807) is 26.2 Å². The van der Waals surface area contributed by atoms with E-state index in [2.05, 4.69) is 29.9 Å². The number of nitrogens with zero attached hydrogens (tertiary/aromatic N) is 6. The van der Waals surface area contributed by atoms with Gasteiger partial charge in [-0.15, -0.1) is 34.0 Å². The minimum absolute atomic E-state index is 0. The van der Waals surface area contributed by atoms with Crippen LogP contribution in [0.2, 0.25) is 0 Å². The van der Waals surface area contributed by atoms with Gasteiger partial charge in [0.25, 0.3) is 0 Å². The first-order valence-electron chi connectivity index (χ1n) is 9.51. The molecule has 0 aliphatic carbocycles. The molecule has 0 amide bonds. The Balaban J connectivity index is 0.00000324. The van der Waals surface area contributed by atoms with Gasteiger partial charge in [0.15, 0.2) is 0 Å². The van der Waals surface area contributed by atoms with Crippen molar-refractivity contribution in [1.29, 1.82) is 0 Å². The molecule has 0 fully saturated rings. The minimum atomic E-state index is -0.483. The molecule has 1 radical (unpaired) electrons. The number of carbonyl (C=O) groups excluding carboxylic acids is 2. The maximum Gasteiger partial charge on any atom is 2.00 e. The number of esters is 2. The number of hydrogen-bond donors (Lipinski definition) is 0. The zero-order chi connectivity index (χ0) is 23.2. The van der Waals surface area contributed by atoms with Gasteiger partial charge in [-0.2, -0.15) is 11.3 Å². The van der Waals surface area contributed by atoms with Crippen molar-refractivity contribution in [1.82, 2.24) is 19.9 Å². The fourth-order valence-corrected chi connectivity index (χ4v) is 5.25. The van der Waals surface area contributed by atoms with E-state index in [1.807, 2.05) is 10.8 Å². The third-order valence-electron chi connectivity index (χ3n) is 3.92. The molecule has 4 aromatic heterocycles. The summed E-state index contributed by atoms with van der Waals surface area (Å²) in [5.74, 6) is -0.965. The van der Waals surface area contributed by atoms with Crippen molar-refractivity contribution in [2.24, 2.45) is 9.98 Å². The molecule has 4 heterocycles. The predicted molar refractivity (Wildman–Crippen MR) is 125 cm³/mol. The molecule has 4 aromatic rings. The van der Waals surface area contributed by atoms with Crippen LogP contribution in [-0.4, -0.2) is 35.1 Å². The number of aromatic nitrogens is 4. The number of ether oxygens (including phenoxy) is 2. The van der Waals surface area contributed by atoms with Gasteiger partial charge in [0.2, 0.25) is 0 Å². The molecule has 0 saturated carbocycles. The fourth-order valence-electron chi connectivity index (χ4n) is 2.46. The van der Waals surface area contributed by atoms with Crippen molar-refractivity contribution in [3.05, 3.63) is 53.9 Å². The summed E-state index contributed by atoms with van der Waals surface area (Å²) in [4.78, 5) is 51.8. The molecule has 0 spiro atoms. The van der Waals surface area contributed by atoms with Crippen molar-refractivity contribution < 1.29 is 36.1 Å². The summed E-state index contributed by atoms with van der Waals surface area (Å²) >= 11 is 5.06. The van der Waals surface area contributed by atoms with Gasteiger partial charge in [0.1, 0.15) is 20.0 Å². The Morgan fingerprint density at radius 1 is 0.971 bits per heavy atom. The van der Waals surface area contributed by atoms with Crippen LogP contribution in [0.3, 0.4) is 0 Å². The second-order valence-corrected chi connectivity index (χ2v) is 10.0. The standard InChI is InChI=1S/C19H18N6O4S4.Cu/c1-10-12(32-18(22-10)24-16-20-4-8-30-16)14(26)28-6-3-7-29-15(27)13-11(2)23-19(33-13)25-17-21-5-9-31-17;/h4-5,8-9H,3,6-7H2,1-2H3,(H2,20,21,22,23,24,25,26,27);/q;+2/p-2. The van der Waals surface area contributed by atoms with Gasteiger partial charge in [-0.1, -0.05) is 6.20 Å². The summed E-state index contributed by atoms with van der Waals surface area (Å²) in [6, 6.07) is 0. The first kappa shape index (κ1) is 26.2. The Morgan fingerprint density at radius 3 is 2.38 bits per heavy atom. The van der Waals surface area contributed by atoms with E-state index in [4.69, 9.17) is 9.47 Å². The Morgan fingerprint density at radius 2 is 1.71 bits per heavy atom. The molecule has 10 nitrogen and oxygen atoms in total. The molecular weight excluding hydrogens is 568 g/mol. The Kier molecular flexibility index (Phi) is 9.50. The first-order valence-corrected chi connectivity index (χ1v) is 12.9. The molecule has 0 aliphatic heterocycles. The number of rotatable bonds is 8. The van der Waals surface area contributed by atoms with E-state index in [1.165, 1.54) is 22.7 Å². The van der Waals surface area contributed by atoms with Gasteiger partial charge in [-0.05, 0) is 29.7 Å². The minimum Gasteiger partial charge on any atom is -0.461 e. The molecule has 0 unspecified atom stereocenters. The molecule has 0 saturated heterocycles. The number of thiazole rings is 4. The molecule has 15 heteroatoms. The van der Waals surface area contributed by atoms with E-state index in [0.29, 0.717) is 47.4 Å². The Hall–Kier alpha value is -2.42.